The Balaban J connectivity index is 1.07. The molecule has 2 aromatic heterocycles. The van der Waals surface area contributed by atoms with Crippen LogP contribution in [0.4, 0.5) is 10.2 Å². The van der Waals surface area contributed by atoms with Gasteiger partial charge >= 0.3 is 7.82 Å². The molecule has 0 spiro atoms. The largest absolute Gasteiger partial charge is 0.530 e. The maximum absolute atomic E-state index is 14.8. The second-order valence-corrected chi connectivity index (χ2v) is 20.0. The summed E-state index contributed by atoms with van der Waals surface area (Å²) in [7, 11) is -4.55. The number of phosphoric acid groups is 1. The topological polar surface area (TPSA) is 171 Å². The van der Waals surface area contributed by atoms with Crippen molar-refractivity contribution in [1.82, 2.24) is 14.6 Å². The number of halogens is 2. The first-order valence-corrected chi connectivity index (χ1v) is 25.5. The molecule has 2 aliphatic rings. The molecule has 6 rings (SSSR count). The van der Waals surface area contributed by atoms with Crippen LogP contribution in [-0.2, 0) is 43.9 Å². The number of hydrogen-bond donors (Lipinski definition) is 1. The third kappa shape index (κ3) is 14.9. The molecule has 0 bridgehead atoms. The van der Waals surface area contributed by atoms with Crippen LogP contribution < -0.4 is 10.3 Å². The van der Waals surface area contributed by atoms with Crippen LogP contribution in [0.5, 0.6) is 5.75 Å². The fourth-order valence-corrected chi connectivity index (χ4v) is 10.1. The van der Waals surface area contributed by atoms with Gasteiger partial charge in [0.25, 0.3) is 0 Å². The highest BCUT2D eigenvalue weighted by Gasteiger charge is 2.62. The van der Waals surface area contributed by atoms with Gasteiger partial charge in [0.15, 0.2) is 11.6 Å². The number of phosphoric ester groups is 1. The van der Waals surface area contributed by atoms with Crippen molar-refractivity contribution in [2.24, 2.45) is 0 Å². The first kappa shape index (κ1) is 51.7. The summed E-state index contributed by atoms with van der Waals surface area (Å²) in [5.41, 5.74) is 6.73. The quantitative estimate of drug-likeness (QED) is 0.0387. The highest BCUT2D eigenvalue weighted by Crippen LogP contribution is 2.55. The van der Waals surface area contributed by atoms with Crippen LogP contribution in [0.15, 0.2) is 60.9 Å². The Morgan fingerprint density at radius 3 is 2.26 bits per heavy atom. The fourth-order valence-electron chi connectivity index (χ4n) is 8.50. The third-order valence-corrected chi connectivity index (χ3v) is 13.6. The Bertz CT molecular complexity index is 2230. The van der Waals surface area contributed by atoms with Crippen molar-refractivity contribution in [3.63, 3.8) is 0 Å². The van der Waals surface area contributed by atoms with Crippen LogP contribution >= 0.6 is 19.4 Å². The second kappa shape index (κ2) is 25.1. The normalized spacial score (nSPS) is 21.4. The molecule has 6 atom stereocenters. The van der Waals surface area contributed by atoms with Crippen LogP contribution in [0.3, 0.4) is 0 Å². The summed E-state index contributed by atoms with van der Waals surface area (Å²) >= 11 is 6.49. The van der Waals surface area contributed by atoms with Crippen LogP contribution in [0.25, 0.3) is 5.52 Å². The lowest BCUT2D eigenvalue weighted by Gasteiger charge is -2.32. The number of hydrogen-bond acceptors (Lipinski definition) is 13. The number of aromatic nitrogens is 3. The zero-order valence-electron chi connectivity index (χ0n) is 39.0. The van der Waals surface area contributed by atoms with Crippen LogP contribution in [0, 0.1) is 17.1 Å². The Hall–Kier alpha value is -3.68. The zero-order valence-corrected chi connectivity index (χ0v) is 40.6. The second-order valence-electron chi connectivity index (χ2n) is 18.0. The van der Waals surface area contributed by atoms with E-state index in [2.05, 4.69) is 17.0 Å². The van der Waals surface area contributed by atoms with Crippen molar-refractivity contribution in [2.75, 3.05) is 32.2 Å². The van der Waals surface area contributed by atoms with Gasteiger partial charge in [-0.1, -0.05) is 121 Å². The van der Waals surface area contributed by atoms with Crippen molar-refractivity contribution in [2.45, 2.75) is 166 Å². The Morgan fingerprint density at radius 2 is 1.58 bits per heavy atom. The van der Waals surface area contributed by atoms with Gasteiger partial charge < -0.3 is 33.9 Å². The average Bonchev–Trinajstić information content (AvgIpc) is 3.95. The number of fused-ring (bicyclic) bond motifs is 2. The third-order valence-electron chi connectivity index (χ3n) is 12.0. The number of nitriles is 1. The van der Waals surface area contributed by atoms with Crippen molar-refractivity contribution in [3.8, 4) is 11.8 Å². The Labute approximate surface area is 394 Å². The summed E-state index contributed by atoms with van der Waals surface area (Å²) < 4.78 is 80.9. The van der Waals surface area contributed by atoms with Crippen molar-refractivity contribution < 1.29 is 46.2 Å². The molecule has 4 aromatic rings. The number of para-hydroxylation sites is 1. The summed E-state index contributed by atoms with van der Waals surface area (Å²) in [5.74, 6) is -1.18. The molecule has 1 unspecified atom stereocenters. The summed E-state index contributed by atoms with van der Waals surface area (Å²) in [6.45, 7) is 7.49. The number of ether oxygens (including phenoxy) is 5. The van der Waals surface area contributed by atoms with E-state index in [1.54, 1.807) is 47.8 Å². The van der Waals surface area contributed by atoms with E-state index in [9.17, 15) is 14.2 Å². The van der Waals surface area contributed by atoms with Gasteiger partial charge in [0.2, 0.25) is 0 Å². The number of nitrogens with zero attached hydrogens (tertiary/aromatic N) is 4. The van der Waals surface area contributed by atoms with E-state index in [0.29, 0.717) is 29.2 Å². The van der Waals surface area contributed by atoms with Crippen molar-refractivity contribution in [3.05, 3.63) is 88.6 Å². The molecule has 2 aliphatic heterocycles. The summed E-state index contributed by atoms with van der Waals surface area (Å²) in [6.07, 6.45) is 17.4. The predicted molar refractivity (Wildman–Crippen MR) is 250 cm³/mol. The Morgan fingerprint density at radius 1 is 0.894 bits per heavy atom. The Kier molecular flexibility index (Phi) is 19.6. The number of benzene rings is 2. The van der Waals surface area contributed by atoms with Crippen molar-refractivity contribution in [1.29, 1.82) is 5.26 Å². The molecule has 14 nitrogen and oxygen atoms in total. The fraction of sp³-hybridized carbons (Fsp3) is 0.612. The summed E-state index contributed by atoms with van der Waals surface area (Å²) in [4.78, 5) is 4.10. The predicted octanol–water partition coefficient (Wildman–Crippen LogP) is 12.0. The number of rotatable bonds is 30. The molecule has 2 fully saturated rings. The molecule has 2 N–H and O–H groups in total. The van der Waals surface area contributed by atoms with Gasteiger partial charge in [0, 0.05) is 6.61 Å². The lowest BCUT2D eigenvalue weighted by Crippen LogP contribution is -2.44. The van der Waals surface area contributed by atoms with Gasteiger partial charge in [-0.2, -0.15) is 10.4 Å². The van der Waals surface area contributed by atoms with Gasteiger partial charge in [-0.25, -0.2) is 18.5 Å². The first-order chi connectivity index (χ1) is 31.8. The maximum atomic E-state index is 14.8. The molecule has 0 amide bonds. The SMILES string of the molecule is CCCCCCCCCCCCCCCCCOC[C@H](COP(=O)(OC[C@@]1(C)O[C@@H](c2ccc3c(N)ncnn23)[C@@H]2OC(C)(C)O[C@@H]21)Oc1ccccc1Cl)OCc1cc(F)cc(C#N)c1. The molecule has 362 valence electrons. The van der Waals surface area contributed by atoms with E-state index >= 15 is 0 Å². The molecule has 2 aromatic carbocycles. The van der Waals surface area contributed by atoms with E-state index < -0.39 is 49.4 Å². The number of nitrogen functional groups attached to an aromatic ring is 1. The number of anilines is 1. The van der Waals surface area contributed by atoms with Crippen molar-refractivity contribution >= 4 is 30.8 Å². The average molecular weight is 957 g/mol. The molecule has 0 radical (unpaired) electrons. The van der Waals surface area contributed by atoms with Crippen LogP contribution in [0.1, 0.15) is 147 Å². The highest BCUT2D eigenvalue weighted by atomic mass is 35.5. The number of unbranched alkanes of at least 4 members (excludes halogenated alkanes) is 14. The summed E-state index contributed by atoms with van der Waals surface area (Å²) in [5, 5.41) is 14.0. The molecular weight excluding hydrogens is 888 g/mol. The van der Waals surface area contributed by atoms with Crippen LogP contribution in [0.2, 0.25) is 5.02 Å². The highest BCUT2D eigenvalue weighted by molar-refractivity contribution is 7.49. The number of nitrogens with two attached hydrogens (primary N) is 1. The molecule has 17 heteroatoms. The van der Waals surface area contributed by atoms with E-state index in [4.69, 9.17) is 54.6 Å². The minimum atomic E-state index is -4.55. The lowest BCUT2D eigenvalue weighted by molar-refractivity contribution is -0.212. The molecule has 66 heavy (non-hydrogen) atoms. The monoisotopic (exact) mass is 955 g/mol. The molecular formula is C49H68ClFN5O9P. The zero-order chi connectivity index (χ0) is 47.0. The molecule has 0 saturated carbocycles. The van der Waals surface area contributed by atoms with Gasteiger partial charge in [0.05, 0.1) is 48.8 Å². The smallest absolute Gasteiger partial charge is 0.402 e. The molecule has 2 saturated heterocycles. The van der Waals surface area contributed by atoms with E-state index in [1.165, 1.54) is 89.4 Å². The van der Waals surface area contributed by atoms with Gasteiger partial charge in [0.1, 0.15) is 53.4 Å². The first-order valence-electron chi connectivity index (χ1n) is 23.7. The van der Waals surface area contributed by atoms with E-state index in [-0.39, 0.29) is 42.8 Å². The van der Waals surface area contributed by atoms with Gasteiger partial charge in [-0.05, 0) is 75.2 Å². The van der Waals surface area contributed by atoms with E-state index in [1.807, 2.05) is 26.0 Å². The molecule has 0 aliphatic carbocycles. The lowest BCUT2D eigenvalue weighted by atomic mass is 9.97. The molecule has 4 heterocycles. The minimum absolute atomic E-state index is 0.0665. The van der Waals surface area contributed by atoms with E-state index in [0.717, 1.165) is 25.3 Å². The van der Waals surface area contributed by atoms with Gasteiger partial charge in [-0.3, -0.25) is 9.05 Å². The maximum Gasteiger partial charge on any atom is 0.530 e. The standard InChI is InChI=1S/C49H68ClFN5O9P/c1-5-6-7-8-9-10-11-12-13-14-15-16-17-18-21-26-58-32-39(59-31-37-27-36(30-52)28-38(51)29-37)33-60-66(57,65-43-23-20-19-22-40(43)50)61-34-49(4)46-45(62-48(2,3)64-46)44(63-49)41-24-25-42-47(53)54-35-55-56(41)42/h19-20,22-25,27-29,35,39,44-46H,5-18,21,26,31-34H2,1-4H3,(H2,53,54,55)/t39-,44+,45+,46+,49-,66?/m1/s1. The summed E-state index contributed by atoms with van der Waals surface area (Å²) in [6, 6.07) is 16.1. The van der Waals surface area contributed by atoms with Crippen LogP contribution in [-0.4, -0.2) is 70.7 Å². The minimum Gasteiger partial charge on any atom is -0.402 e. The van der Waals surface area contributed by atoms with Gasteiger partial charge in [-0.15, -0.1) is 0 Å².